The molecule has 0 bridgehead atoms. The van der Waals surface area contributed by atoms with Crippen molar-refractivity contribution in [3.63, 3.8) is 0 Å². The molecule has 0 saturated carbocycles. The molecule has 2 atom stereocenters. The van der Waals surface area contributed by atoms with Gasteiger partial charge in [0.05, 0.1) is 6.10 Å². The molecule has 1 saturated heterocycles. The molecule has 128 valence electrons. The lowest BCUT2D eigenvalue weighted by Crippen LogP contribution is -2.46. The molecule has 2 N–H and O–H groups in total. The van der Waals surface area contributed by atoms with Crippen molar-refractivity contribution < 1.29 is 18.7 Å². The monoisotopic (exact) mass is 326 g/mol. The number of nitrogens with one attached hydrogen (secondary N) is 1. The maximum Gasteiger partial charge on any atom is 0.252 e. The second-order valence-corrected chi connectivity index (χ2v) is 6.69. The number of hydrogen-bond acceptors (Lipinski definition) is 3. The van der Waals surface area contributed by atoms with Crippen LogP contribution in [0.15, 0.2) is 30.3 Å². The zero-order valence-corrected chi connectivity index (χ0v) is 13.5. The second-order valence-electron chi connectivity index (χ2n) is 6.69. The van der Waals surface area contributed by atoms with Crippen LogP contribution in [0.4, 0.5) is 8.78 Å². The average molecular weight is 326 g/mol. The third-order valence-corrected chi connectivity index (χ3v) is 4.36. The highest BCUT2D eigenvalue weighted by atomic mass is 19.3. The van der Waals surface area contributed by atoms with E-state index in [0.717, 1.165) is 5.56 Å². The van der Waals surface area contributed by atoms with Gasteiger partial charge in [-0.3, -0.25) is 9.69 Å². The van der Waals surface area contributed by atoms with Gasteiger partial charge in [-0.1, -0.05) is 30.3 Å². The Morgan fingerprint density at radius 1 is 1.39 bits per heavy atom. The number of aliphatic hydroxyl groups excluding tert-OH is 1. The van der Waals surface area contributed by atoms with Crippen molar-refractivity contribution in [2.45, 2.75) is 45.4 Å². The van der Waals surface area contributed by atoms with Crippen LogP contribution in [-0.4, -0.2) is 47.6 Å². The molecule has 1 aromatic carbocycles. The number of likely N-dealkylation sites (tertiary alicyclic amines) is 1. The Morgan fingerprint density at radius 2 is 2.04 bits per heavy atom. The summed E-state index contributed by atoms with van der Waals surface area (Å²) in [5.74, 6) is -0.659. The maximum absolute atomic E-state index is 12.9. The topological polar surface area (TPSA) is 52.6 Å². The van der Waals surface area contributed by atoms with Gasteiger partial charge >= 0.3 is 0 Å². The van der Waals surface area contributed by atoms with E-state index in [4.69, 9.17) is 0 Å². The van der Waals surface area contributed by atoms with E-state index >= 15 is 0 Å². The van der Waals surface area contributed by atoms with Crippen LogP contribution in [0.1, 0.15) is 25.8 Å². The molecule has 1 fully saturated rings. The molecular formula is C17H24F2N2O2. The Hall–Kier alpha value is -1.53. The van der Waals surface area contributed by atoms with Gasteiger partial charge in [0.1, 0.15) is 5.41 Å². The summed E-state index contributed by atoms with van der Waals surface area (Å²) in [5, 5.41) is 12.5. The SMILES string of the molecule is CC(C)(C(=O)NC[C@@H]1C[C@@H](O)CN1Cc1ccccc1)C(F)F. The van der Waals surface area contributed by atoms with Crippen LogP contribution in [0.2, 0.25) is 0 Å². The molecule has 6 heteroatoms. The number of halogens is 2. The number of carbonyl (C=O) groups is 1. The van der Waals surface area contributed by atoms with Crippen molar-refractivity contribution in [3.05, 3.63) is 35.9 Å². The zero-order valence-electron chi connectivity index (χ0n) is 13.5. The van der Waals surface area contributed by atoms with E-state index < -0.39 is 23.9 Å². The zero-order chi connectivity index (χ0) is 17.0. The lowest BCUT2D eigenvalue weighted by Gasteiger charge is -2.27. The molecule has 0 radical (unpaired) electrons. The van der Waals surface area contributed by atoms with E-state index in [0.29, 0.717) is 19.5 Å². The number of amides is 1. The van der Waals surface area contributed by atoms with Crippen LogP contribution >= 0.6 is 0 Å². The van der Waals surface area contributed by atoms with Crippen molar-refractivity contribution in [3.8, 4) is 0 Å². The number of β-amino-alcohol motifs (C(OH)–C–C–N with tert-alkyl or cyclic N) is 1. The molecule has 23 heavy (non-hydrogen) atoms. The predicted octanol–water partition coefficient (Wildman–Crippen LogP) is 2.03. The van der Waals surface area contributed by atoms with Crippen LogP contribution in [0, 0.1) is 5.41 Å². The summed E-state index contributed by atoms with van der Waals surface area (Å²) < 4.78 is 25.8. The largest absolute Gasteiger partial charge is 0.392 e. The number of rotatable bonds is 6. The van der Waals surface area contributed by atoms with E-state index in [1.807, 2.05) is 30.3 Å². The lowest BCUT2D eigenvalue weighted by molar-refractivity contribution is -0.137. The molecule has 1 amide bonds. The second kappa shape index (κ2) is 7.36. The average Bonchev–Trinajstić information content (AvgIpc) is 2.85. The lowest BCUT2D eigenvalue weighted by atomic mass is 9.93. The Labute approximate surface area is 135 Å². The number of aliphatic hydroxyl groups is 1. The molecule has 0 aromatic heterocycles. The summed E-state index contributed by atoms with van der Waals surface area (Å²) in [5.41, 5.74) is -0.590. The fourth-order valence-corrected chi connectivity index (χ4v) is 2.72. The first-order chi connectivity index (χ1) is 10.8. The van der Waals surface area contributed by atoms with Gasteiger partial charge in [0.15, 0.2) is 0 Å². The Morgan fingerprint density at radius 3 is 2.65 bits per heavy atom. The summed E-state index contributed by atoms with van der Waals surface area (Å²) >= 11 is 0. The fraction of sp³-hybridized carbons (Fsp3) is 0.588. The number of alkyl halides is 2. The highest BCUT2D eigenvalue weighted by Gasteiger charge is 2.38. The molecule has 4 nitrogen and oxygen atoms in total. The predicted molar refractivity (Wildman–Crippen MR) is 84.1 cm³/mol. The molecule has 1 aromatic rings. The van der Waals surface area contributed by atoms with Gasteiger partial charge in [0.25, 0.3) is 6.43 Å². The Kier molecular flexibility index (Phi) is 5.70. The summed E-state index contributed by atoms with van der Waals surface area (Å²) in [6.45, 7) is 3.92. The summed E-state index contributed by atoms with van der Waals surface area (Å²) in [7, 11) is 0. The van der Waals surface area contributed by atoms with Gasteiger partial charge in [-0.15, -0.1) is 0 Å². The van der Waals surface area contributed by atoms with E-state index in [2.05, 4.69) is 10.2 Å². The molecule has 0 aliphatic carbocycles. The van der Waals surface area contributed by atoms with Crippen molar-refractivity contribution >= 4 is 5.91 Å². The van der Waals surface area contributed by atoms with Crippen LogP contribution in [0.3, 0.4) is 0 Å². The first kappa shape index (κ1) is 17.8. The highest BCUT2D eigenvalue weighted by molar-refractivity contribution is 5.82. The van der Waals surface area contributed by atoms with Gasteiger partial charge in [-0.2, -0.15) is 0 Å². The quantitative estimate of drug-likeness (QED) is 0.841. The van der Waals surface area contributed by atoms with Gasteiger partial charge in [0, 0.05) is 25.7 Å². The molecule has 2 rings (SSSR count). The summed E-state index contributed by atoms with van der Waals surface area (Å²) in [6.07, 6.45) is -2.64. The van der Waals surface area contributed by atoms with E-state index in [9.17, 15) is 18.7 Å². The standard InChI is InChI=1S/C17H24F2N2O2/c1-17(2,15(18)19)16(23)20-9-13-8-14(22)11-21(13)10-12-6-4-3-5-7-12/h3-7,13-15,22H,8-11H2,1-2H3,(H,20,23)/t13-,14+/m0/s1. The molecule has 1 aliphatic heterocycles. The number of benzene rings is 1. The van der Waals surface area contributed by atoms with Gasteiger partial charge in [0.2, 0.25) is 5.91 Å². The smallest absolute Gasteiger partial charge is 0.252 e. The van der Waals surface area contributed by atoms with Crippen LogP contribution < -0.4 is 5.32 Å². The maximum atomic E-state index is 12.9. The third kappa shape index (κ3) is 4.48. The van der Waals surface area contributed by atoms with Gasteiger partial charge in [-0.05, 0) is 25.8 Å². The summed E-state index contributed by atoms with van der Waals surface area (Å²) in [6, 6.07) is 9.78. The van der Waals surface area contributed by atoms with Crippen LogP contribution in [0.25, 0.3) is 0 Å². The van der Waals surface area contributed by atoms with Crippen molar-refractivity contribution in [2.24, 2.45) is 5.41 Å². The third-order valence-electron chi connectivity index (χ3n) is 4.36. The highest BCUT2D eigenvalue weighted by Crippen LogP contribution is 2.25. The molecule has 0 spiro atoms. The molecular weight excluding hydrogens is 302 g/mol. The van der Waals surface area contributed by atoms with E-state index in [1.165, 1.54) is 13.8 Å². The molecule has 1 heterocycles. The Bertz CT molecular complexity index is 523. The van der Waals surface area contributed by atoms with Gasteiger partial charge in [-0.25, -0.2) is 8.78 Å². The molecule has 0 unspecified atom stereocenters. The normalized spacial score (nSPS) is 22.5. The van der Waals surface area contributed by atoms with Crippen molar-refractivity contribution in [1.29, 1.82) is 0 Å². The number of nitrogens with zero attached hydrogens (tertiary/aromatic N) is 1. The van der Waals surface area contributed by atoms with Crippen molar-refractivity contribution in [1.82, 2.24) is 10.2 Å². The van der Waals surface area contributed by atoms with Crippen molar-refractivity contribution in [2.75, 3.05) is 13.1 Å². The summed E-state index contributed by atoms with van der Waals surface area (Å²) in [4.78, 5) is 14.0. The Balaban J connectivity index is 1.94. The first-order valence-corrected chi connectivity index (χ1v) is 7.83. The minimum atomic E-state index is -2.71. The minimum absolute atomic E-state index is 0.0531. The first-order valence-electron chi connectivity index (χ1n) is 7.83. The minimum Gasteiger partial charge on any atom is -0.392 e. The van der Waals surface area contributed by atoms with E-state index in [1.54, 1.807) is 0 Å². The van der Waals surface area contributed by atoms with Crippen LogP contribution in [0.5, 0.6) is 0 Å². The number of carbonyl (C=O) groups excluding carboxylic acids is 1. The van der Waals surface area contributed by atoms with Crippen LogP contribution in [-0.2, 0) is 11.3 Å². The van der Waals surface area contributed by atoms with Gasteiger partial charge < -0.3 is 10.4 Å². The fourth-order valence-electron chi connectivity index (χ4n) is 2.72. The molecule has 1 aliphatic rings. The van der Waals surface area contributed by atoms with E-state index in [-0.39, 0.29) is 12.6 Å². The number of hydrogen-bond donors (Lipinski definition) is 2.